The lowest BCUT2D eigenvalue weighted by Crippen LogP contribution is -2.49. The predicted molar refractivity (Wildman–Crippen MR) is 109 cm³/mol. The lowest BCUT2D eigenvalue weighted by atomic mass is 9.90. The van der Waals surface area contributed by atoms with Gasteiger partial charge in [-0.15, -0.1) is 3.82 Å². The number of alkyl halides is 2. The fraction of sp³-hybridized carbons (Fsp3) is 0.474. The Morgan fingerprint density at radius 3 is 2.38 bits per heavy atom. The molecule has 1 aliphatic carbocycles. The molecule has 3 heterocycles. The molecular weight excluding hydrogens is 416 g/mol. The van der Waals surface area contributed by atoms with E-state index in [1.807, 2.05) is 17.0 Å². The van der Waals surface area contributed by atoms with Crippen molar-refractivity contribution in [2.45, 2.75) is 53.5 Å². The first-order valence-electron chi connectivity index (χ1n) is 9.67. The summed E-state index contributed by atoms with van der Waals surface area (Å²) >= 11 is 3.39. The van der Waals surface area contributed by atoms with Gasteiger partial charge in [-0.05, 0) is 36.0 Å². The van der Waals surface area contributed by atoms with Crippen molar-refractivity contribution in [3.8, 4) is 5.88 Å². The van der Waals surface area contributed by atoms with E-state index in [1.54, 1.807) is 36.3 Å². The van der Waals surface area contributed by atoms with Gasteiger partial charge in [-0.25, -0.2) is 24.2 Å². The molecule has 2 aromatic rings. The lowest BCUT2D eigenvalue weighted by Gasteiger charge is -2.38. The number of hydrogen-bond donors (Lipinski definition) is 1. The van der Waals surface area contributed by atoms with E-state index >= 15 is 0 Å². The van der Waals surface area contributed by atoms with Crippen molar-refractivity contribution in [3.63, 3.8) is 0 Å². The van der Waals surface area contributed by atoms with Crippen LogP contribution in [-0.4, -0.2) is 44.9 Å². The molecule has 1 aromatic carbocycles. The molecule has 0 amide bonds. The molecule has 10 heteroatoms. The quantitative estimate of drug-likeness (QED) is 0.700. The van der Waals surface area contributed by atoms with E-state index in [0.717, 1.165) is 12.8 Å². The van der Waals surface area contributed by atoms with E-state index in [-0.39, 0.29) is 32.0 Å². The number of anilines is 1. The Morgan fingerprint density at radius 2 is 1.69 bits per heavy atom. The van der Waals surface area contributed by atoms with Crippen LogP contribution in [0.4, 0.5) is 14.6 Å². The van der Waals surface area contributed by atoms with E-state index in [4.69, 9.17) is 4.74 Å². The van der Waals surface area contributed by atoms with Gasteiger partial charge in [0.05, 0.1) is 0 Å². The molecule has 0 unspecified atom stereocenters. The van der Waals surface area contributed by atoms with Gasteiger partial charge in [-0.1, -0.05) is 12.1 Å². The molecule has 0 radical (unpaired) electrons. The number of hydrogen-bond acceptors (Lipinski definition) is 8. The molecule has 5 rings (SSSR count). The predicted octanol–water partition coefficient (Wildman–Crippen LogP) is 4.16. The molecule has 154 valence electrons. The van der Waals surface area contributed by atoms with Gasteiger partial charge in [0.1, 0.15) is 6.10 Å². The van der Waals surface area contributed by atoms with Crippen molar-refractivity contribution >= 4 is 29.7 Å². The molecule has 1 saturated heterocycles. The van der Waals surface area contributed by atoms with E-state index < -0.39 is 5.92 Å². The second-order valence-corrected chi connectivity index (χ2v) is 9.66. The van der Waals surface area contributed by atoms with Crippen LogP contribution in [0.15, 0.2) is 46.5 Å². The molecular formula is C19H21F2N5OS2. The smallest absolute Gasteiger partial charge is 0.257 e. The van der Waals surface area contributed by atoms with Gasteiger partial charge in [0.25, 0.3) is 11.8 Å². The van der Waals surface area contributed by atoms with Crippen LogP contribution in [0, 0.1) is 0 Å². The minimum atomic E-state index is -2.59. The molecule has 0 spiro atoms. The highest BCUT2D eigenvalue weighted by atomic mass is 32.2. The first-order chi connectivity index (χ1) is 14.1. The summed E-state index contributed by atoms with van der Waals surface area (Å²) in [5.74, 6) is -1.57. The Morgan fingerprint density at radius 1 is 1.03 bits per heavy atom. The molecule has 2 fully saturated rings. The third-order valence-corrected chi connectivity index (χ3v) is 7.54. The number of nitrogens with one attached hydrogen (secondary N) is 1. The fourth-order valence-corrected chi connectivity index (χ4v) is 5.80. The van der Waals surface area contributed by atoms with Gasteiger partial charge in [-0.2, -0.15) is 0 Å². The second kappa shape index (κ2) is 7.90. The van der Waals surface area contributed by atoms with Crippen molar-refractivity contribution in [1.29, 1.82) is 0 Å². The number of benzene rings is 1. The van der Waals surface area contributed by atoms with Gasteiger partial charge in [0.2, 0.25) is 0 Å². The van der Waals surface area contributed by atoms with Crippen LogP contribution in [0.25, 0.3) is 0 Å². The maximum absolute atomic E-state index is 13.5. The number of hydrazine groups is 1. The average Bonchev–Trinajstić information content (AvgIpc) is 3.09. The van der Waals surface area contributed by atoms with Gasteiger partial charge < -0.3 is 9.64 Å². The minimum absolute atomic E-state index is 0.0501. The zero-order valence-electron chi connectivity index (χ0n) is 15.6. The Labute approximate surface area is 176 Å². The number of halogens is 2. The standard InChI is InChI=1S/C19H21F2N5OS2/c20-19(21)5-9-25(10-6-19)17-18(23-8-7-22-17)27-14-11-13(12-14)24-26-28-15-3-1-2-4-16(15)29-26/h1-4,7-8,13-14,24H,5-6,9-12H2. The summed E-state index contributed by atoms with van der Waals surface area (Å²) in [5.41, 5.74) is 3.51. The highest BCUT2D eigenvalue weighted by Gasteiger charge is 2.37. The molecule has 0 atom stereocenters. The van der Waals surface area contributed by atoms with Gasteiger partial charge in [-0.3, -0.25) is 0 Å². The number of ether oxygens (including phenoxy) is 1. The summed E-state index contributed by atoms with van der Waals surface area (Å²) in [6.45, 7) is 0.529. The summed E-state index contributed by atoms with van der Waals surface area (Å²) in [4.78, 5) is 13.0. The van der Waals surface area contributed by atoms with Gasteiger partial charge >= 0.3 is 0 Å². The maximum atomic E-state index is 13.5. The topological polar surface area (TPSA) is 53.5 Å². The highest BCUT2D eigenvalue weighted by molar-refractivity contribution is 8.14. The van der Waals surface area contributed by atoms with E-state index in [0.29, 0.717) is 17.7 Å². The highest BCUT2D eigenvalue weighted by Crippen LogP contribution is 2.45. The molecule has 1 aromatic heterocycles. The van der Waals surface area contributed by atoms with Crippen LogP contribution in [0.1, 0.15) is 25.7 Å². The number of aromatic nitrogens is 2. The van der Waals surface area contributed by atoms with E-state index in [9.17, 15) is 8.78 Å². The zero-order valence-corrected chi connectivity index (χ0v) is 17.3. The summed E-state index contributed by atoms with van der Waals surface area (Å²) in [7, 11) is 0. The Balaban J connectivity index is 1.14. The third-order valence-electron chi connectivity index (χ3n) is 5.31. The summed E-state index contributed by atoms with van der Waals surface area (Å²) in [6.07, 6.45) is 4.62. The fourth-order valence-electron chi connectivity index (χ4n) is 3.59. The van der Waals surface area contributed by atoms with Crippen molar-refractivity contribution in [2.24, 2.45) is 0 Å². The molecule has 1 N–H and O–H groups in total. The van der Waals surface area contributed by atoms with Crippen LogP contribution in [0.2, 0.25) is 0 Å². The van der Waals surface area contributed by atoms with Crippen LogP contribution in [0.5, 0.6) is 5.88 Å². The molecule has 6 nitrogen and oxygen atoms in total. The Kier molecular flexibility index (Phi) is 5.27. The number of nitrogens with zero attached hydrogens (tertiary/aromatic N) is 4. The molecule has 0 bridgehead atoms. The van der Waals surface area contributed by atoms with Gasteiger partial charge in [0, 0.05) is 67.0 Å². The van der Waals surface area contributed by atoms with Crippen LogP contribution >= 0.6 is 23.9 Å². The number of fused-ring (bicyclic) bond motifs is 1. The molecule has 2 aliphatic heterocycles. The van der Waals surface area contributed by atoms with Crippen molar-refractivity contribution in [3.05, 3.63) is 36.7 Å². The SMILES string of the molecule is FC1(F)CCN(c2nccnc2OC2CC(NN3Sc4ccccc4S3)C2)CC1. The Hall–Kier alpha value is -1.62. The Bertz CT molecular complexity index is 848. The summed E-state index contributed by atoms with van der Waals surface area (Å²) in [6, 6.07) is 8.67. The van der Waals surface area contributed by atoms with Crippen molar-refractivity contribution in [2.75, 3.05) is 18.0 Å². The molecule has 1 saturated carbocycles. The summed E-state index contributed by atoms with van der Waals surface area (Å²) in [5, 5.41) is 0. The first-order valence-corrected chi connectivity index (χ1v) is 11.2. The normalized spacial score (nSPS) is 26.1. The van der Waals surface area contributed by atoms with Crippen LogP contribution < -0.4 is 15.1 Å². The minimum Gasteiger partial charge on any atom is -0.472 e. The lowest BCUT2D eigenvalue weighted by molar-refractivity contribution is -0.0223. The van der Waals surface area contributed by atoms with Crippen LogP contribution in [0.3, 0.4) is 0 Å². The van der Waals surface area contributed by atoms with Crippen LogP contribution in [-0.2, 0) is 0 Å². The van der Waals surface area contributed by atoms with E-state index in [2.05, 4.69) is 31.3 Å². The monoisotopic (exact) mass is 437 g/mol. The average molecular weight is 438 g/mol. The number of piperidine rings is 1. The van der Waals surface area contributed by atoms with E-state index in [1.165, 1.54) is 9.79 Å². The summed E-state index contributed by atoms with van der Waals surface area (Å²) < 4.78 is 35.1. The van der Waals surface area contributed by atoms with Crippen molar-refractivity contribution in [1.82, 2.24) is 19.2 Å². The first kappa shape index (κ1) is 19.3. The number of rotatable bonds is 5. The van der Waals surface area contributed by atoms with Gasteiger partial charge in [0.15, 0.2) is 5.82 Å². The van der Waals surface area contributed by atoms with Crippen molar-refractivity contribution < 1.29 is 13.5 Å². The largest absolute Gasteiger partial charge is 0.472 e. The maximum Gasteiger partial charge on any atom is 0.257 e. The molecule has 3 aliphatic rings. The third kappa shape index (κ3) is 4.30. The zero-order chi connectivity index (χ0) is 19.8. The second-order valence-electron chi connectivity index (χ2n) is 7.45. The molecule has 29 heavy (non-hydrogen) atoms.